The molecule has 0 bridgehead atoms. The summed E-state index contributed by atoms with van der Waals surface area (Å²) in [6.07, 6.45) is 4.05. The average molecular weight is 349 g/mol. The van der Waals surface area contributed by atoms with E-state index in [9.17, 15) is 13.2 Å². The van der Waals surface area contributed by atoms with Gasteiger partial charge in [0.1, 0.15) is 11.5 Å². The fourth-order valence-corrected chi connectivity index (χ4v) is 3.23. The number of benzene rings is 1. The van der Waals surface area contributed by atoms with Crippen LogP contribution in [0.15, 0.2) is 41.1 Å². The Balaban J connectivity index is 1.84. The van der Waals surface area contributed by atoms with Gasteiger partial charge in [0.05, 0.1) is 18.9 Å². The molecule has 126 valence electrons. The number of aromatic nitrogens is 2. The molecule has 0 spiro atoms. The fourth-order valence-electron chi connectivity index (χ4n) is 2.26. The standard InChI is InChI=1S/C15H15N3O5S/c1-18-8-12(7-16-18)24(20,21)17-15(19)11-6-10-4-3-5-13(22-2)14(10)23-9-11/h3-8H,9H2,1-2H3,(H,17,19). The van der Waals surface area contributed by atoms with Crippen molar-refractivity contribution < 1.29 is 22.7 Å². The highest BCUT2D eigenvalue weighted by atomic mass is 32.2. The number of hydrogen-bond acceptors (Lipinski definition) is 6. The lowest BCUT2D eigenvalue weighted by atomic mass is 10.1. The van der Waals surface area contributed by atoms with Gasteiger partial charge in [0.15, 0.2) is 11.5 Å². The highest BCUT2D eigenvalue weighted by Gasteiger charge is 2.25. The van der Waals surface area contributed by atoms with Gasteiger partial charge in [0.2, 0.25) is 0 Å². The Morgan fingerprint density at radius 2 is 2.21 bits per heavy atom. The lowest BCUT2D eigenvalue weighted by Crippen LogP contribution is -2.33. The quantitative estimate of drug-likeness (QED) is 0.873. The lowest BCUT2D eigenvalue weighted by molar-refractivity contribution is -0.116. The van der Waals surface area contributed by atoms with Crippen LogP contribution in [0.4, 0.5) is 0 Å². The van der Waals surface area contributed by atoms with Gasteiger partial charge in [-0.25, -0.2) is 13.1 Å². The molecule has 0 saturated carbocycles. The Hall–Kier alpha value is -2.81. The van der Waals surface area contributed by atoms with E-state index in [2.05, 4.69) is 5.10 Å². The minimum absolute atomic E-state index is 0.0538. The predicted molar refractivity (Wildman–Crippen MR) is 85.0 cm³/mol. The molecule has 1 aliphatic heterocycles. The van der Waals surface area contributed by atoms with Crippen LogP contribution in [-0.4, -0.2) is 37.8 Å². The molecule has 0 fully saturated rings. The third-order valence-electron chi connectivity index (χ3n) is 3.44. The second-order valence-corrected chi connectivity index (χ2v) is 6.80. The molecular formula is C15H15N3O5S. The third kappa shape index (κ3) is 2.98. The zero-order chi connectivity index (χ0) is 17.3. The molecule has 9 heteroatoms. The second-order valence-electron chi connectivity index (χ2n) is 5.12. The largest absolute Gasteiger partial charge is 0.493 e. The number of rotatable bonds is 4. The van der Waals surface area contributed by atoms with Gasteiger partial charge >= 0.3 is 0 Å². The molecule has 1 aromatic heterocycles. The maximum Gasteiger partial charge on any atom is 0.267 e. The van der Waals surface area contributed by atoms with E-state index in [-0.39, 0.29) is 17.1 Å². The van der Waals surface area contributed by atoms with E-state index < -0.39 is 15.9 Å². The first-order valence-electron chi connectivity index (χ1n) is 6.97. The number of nitrogens with zero attached hydrogens (tertiary/aromatic N) is 2. The molecule has 0 atom stereocenters. The van der Waals surface area contributed by atoms with Gasteiger partial charge in [-0.2, -0.15) is 5.10 Å². The number of hydrogen-bond donors (Lipinski definition) is 1. The summed E-state index contributed by atoms with van der Waals surface area (Å²) < 4.78 is 38.4. The summed E-state index contributed by atoms with van der Waals surface area (Å²) in [5, 5.41) is 3.78. The smallest absolute Gasteiger partial charge is 0.267 e. The van der Waals surface area contributed by atoms with E-state index in [1.807, 2.05) is 4.72 Å². The number of amides is 1. The first-order valence-corrected chi connectivity index (χ1v) is 8.45. The Morgan fingerprint density at radius 3 is 2.88 bits per heavy atom. The third-order valence-corrected chi connectivity index (χ3v) is 4.73. The molecule has 1 aromatic carbocycles. The van der Waals surface area contributed by atoms with Crippen LogP contribution in [0.2, 0.25) is 0 Å². The number of carbonyl (C=O) groups is 1. The van der Waals surface area contributed by atoms with Crippen molar-refractivity contribution in [2.75, 3.05) is 13.7 Å². The minimum Gasteiger partial charge on any atom is -0.493 e. The van der Waals surface area contributed by atoms with Crippen molar-refractivity contribution in [1.29, 1.82) is 0 Å². The van der Waals surface area contributed by atoms with Crippen LogP contribution in [0.5, 0.6) is 11.5 Å². The van der Waals surface area contributed by atoms with Gasteiger partial charge in [-0.3, -0.25) is 9.48 Å². The van der Waals surface area contributed by atoms with E-state index in [0.29, 0.717) is 17.1 Å². The molecule has 3 rings (SSSR count). The van der Waals surface area contributed by atoms with Crippen LogP contribution < -0.4 is 14.2 Å². The van der Waals surface area contributed by atoms with Crippen molar-refractivity contribution in [3.05, 3.63) is 41.7 Å². The molecular weight excluding hydrogens is 334 g/mol. The van der Waals surface area contributed by atoms with E-state index in [4.69, 9.17) is 9.47 Å². The Morgan fingerprint density at radius 1 is 1.42 bits per heavy atom. The second kappa shape index (κ2) is 6.00. The van der Waals surface area contributed by atoms with E-state index in [0.717, 1.165) is 0 Å². The number of methoxy groups -OCH3 is 1. The average Bonchev–Trinajstić information content (AvgIpc) is 3.00. The first kappa shape index (κ1) is 16.1. The van der Waals surface area contributed by atoms with Crippen molar-refractivity contribution in [2.24, 2.45) is 7.05 Å². The summed E-state index contributed by atoms with van der Waals surface area (Å²) in [5.74, 6) is 0.324. The molecule has 24 heavy (non-hydrogen) atoms. The summed E-state index contributed by atoms with van der Waals surface area (Å²) in [5.41, 5.74) is 0.841. The zero-order valence-corrected chi connectivity index (χ0v) is 13.8. The lowest BCUT2D eigenvalue weighted by Gasteiger charge is -2.19. The SMILES string of the molecule is COc1cccc2c1OCC(C(=O)NS(=O)(=O)c1cnn(C)c1)=C2. The highest BCUT2D eigenvalue weighted by molar-refractivity contribution is 7.90. The minimum atomic E-state index is -3.98. The van der Waals surface area contributed by atoms with Gasteiger partial charge in [-0.1, -0.05) is 12.1 Å². The van der Waals surface area contributed by atoms with Crippen molar-refractivity contribution in [1.82, 2.24) is 14.5 Å². The number of para-hydroxylation sites is 1. The Bertz CT molecular complexity index is 930. The van der Waals surface area contributed by atoms with Crippen LogP contribution in [-0.2, 0) is 21.9 Å². The van der Waals surface area contributed by atoms with E-state index >= 15 is 0 Å². The summed E-state index contributed by atoms with van der Waals surface area (Å²) >= 11 is 0. The number of sulfonamides is 1. The summed E-state index contributed by atoms with van der Waals surface area (Å²) in [6, 6.07) is 5.25. The van der Waals surface area contributed by atoms with E-state index in [1.54, 1.807) is 31.3 Å². The molecule has 0 aliphatic carbocycles. The van der Waals surface area contributed by atoms with Crippen LogP contribution >= 0.6 is 0 Å². The van der Waals surface area contributed by atoms with Crippen molar-refractivity contribution >= 4 is 22.0 Å². The number of nitrogens with one attached hydrogen (secondary N) is 1. The molecule has 8 nitrogen and oxygen atoms in total. The molecule has 1 aliphatic rings. The monoisotopic (exact) mass is 349 g/mol. The molecule has 1 amide bonds. The van der Waals surface area contributed by atoms with Crippen molar-refractivity contribution in [3.8, 4) is 11.5 Å². The maximum atomic E-state index is 12.3. The predicted octanol–water partition coefficient (Wildman–Crippen LogP) is 0.710. The van der Waals surface area contributed by atoms with Gasteiger partial charge in [0.25, 0.3) is 15.9 Å². The fraction of sp³-hybridized carbons (Fsp3) is 0.200. The molecule has 0 unspecified atom stereocenters. The molecule has 2 heterocycles. The number of aryl methyl sites for hydroxylation is 1. The van der Waals surface area contributed by atoms with Crippen molar-refractivity contribution in [2.45, 2.75) is 4.90 Å². The van der Waals surface area contributed by atoms with Crippen LogP contribution in [0.3, 0.4) is 0 Å². The Labute approximate surface area is 138 Å². The number of fused-ring (bicyclic) bond motifs is 1. The van der Waals surface area contributed by atoms with Gasteiger partial charge in [-0.15, -0.1) is 0 Å². The molecule has 2 aromatic rings. The zero-order valence-electron chi connectivity index (χ0n) is 13.0. The number of ether oxygens (including phenoxy) is 2. The molecule has 1 N–H and O–H groups in total. The van der Waals surface area contributed by atoms with Crippen LogP contribution in [0, 0.1) is 0 Å². The Kier molecular flexibility index (Phi) is 4.02. The van der Waals surface area contributed by atoms with Gasteiger partial charge in [0, 0.05) is 18.8 Å². The summed E-state index contributed by atoms with van der Waals surface area (Å²) in [4.78, 5) is 12.2. The highest BCUT2D eigenvalue weighted by Crippen LogP contribution is 2.35. The summed E-state index contributed by atoms with van der Waals surface area (Å²) in [7, 11) is -0.877. The maximum absolute atomic E-state index is 12.3. The van der Waals surface area contributed by atoms with Crippen LogP contribution in [0.25, 0.3) is 6.08 Å². The van der Waals surface area contributed by atoms with Crippen LogP contribution in [0.1, 0.15) is 5.56 Å². The number of carbonyl (C=O) groups excluding carboxylic acids is 1. The first-order chi connectivity index (χ1) is 11.4. The molecule has 0 saturated heterocycles. The normalized spacial score (nSPS) is 13.5. The van der Waals surface area contributed by atoms with Crippen molar-refractivity contribution in [3.63, 3.8) is 0 Å². The molecule has 0 radical (unpaired) electrons. The van der Waals surface area contributed by atoms with Gasteiger partial charge < -0.3 is 9.47 Å². The topological polar surface area (TPSA) is 99.5 Å². The summed E-state index contributed by atoms with van der Waals surface area (Å²) in [6.45, 7) is -0.0538. The van der Waals surface area contributed by atoms with Gasteiger partial charge in [-0.05, 0) is 12.1 Å². The van der Waals surface area contributed by atoms with E-state index in [1.165, 1.54) is 24.2 Å².